The summed E-state index contributed by atoms with van der Waals surface area (Å²) in [7, 11) is 0.369. The van der Waals surface area contributed by atoms with Crippen LogP contribution in [0.5, 0.6) is 0 Å². The Labute approximate surface area is 146 Å². The highest BCUT2D eigenvalue weighted by atomic mass is 35.6. The normalized spacial score (nSPS) is 11.6. The van der Waals surface area contributed by atoms with Gasteiger partial charge in [-0.1, -0.05) is 79.9 Å². The van der Waals surface area contributed by atoms with Crippen molar-refractivity contribution in [1.29, 1.82) is 0 Å². The molecule has 0 heterocycles. The van der Waals surface area contributed by atoms with Crippen LogP contribution in [0.4, 0.5) is 0 Å². The molecule has 2 aromatic rings. The molecule has 2 heteroatoms. The van der Waals surface area contributed by atoms with Crippen molar-refractivity contribution < 1.29 is 0 Å². The van der Waals surface area contributed by atoms with E-state index >= 15 is 0 Å². The van der Waals surface area contributed by atoms with E-state index in [1.807, 2.05) is 36.4 Å². The molecule has 0 spiro atoms. The predicted octanol–water partition coefficient (Wildman–Crippen LogP) is 6.35. The molecule has 2 rings (SSSR count). The van der Waals surface area contributed by atoms with E-state index in [0.29, 0.717) is 8.83 Å². The second-order valence-electron chi connectivity index (χ2n) is 5.11. The minimum Gasteiger partial charge on any atom is -0.171 e. The van der Waals surface area contributed by atoms with Crippen molar-refractivity contribution in [2.45, 2.75) is 6.04 Å². The van der Waals surface area contributed by atoms with Gasteiger partial charge in [-0.15, -0.1) is 0 Å². The summed E-state index contributed by atoms with van der Waals surface area (Å²) in [4.78, 5) is 0. The Morgan fingerprint density at radius 1 is 0.913 bits per heavy atom. The summed E-state index contributed by atoms with van der Waals surface area (Å²) < 4.78 is 0. The zero-order valence-corrected chi connectivity index (χ0v) is 14.8. The lowest BCUT2D eigenvalue weighted by molar-refractivity contribution is 1.52. The van der Waals surface area contributed by atoms with Crippen LogP contribution in [0, 0.1) is 0 Å². The molecule has 0 atom stereocenters. The predicted molar refractivity (Wildman–Crippen MR) is 106 cm³/mol. The lowest BCUT2D eigenvalue weighted by Gasteiger charge is -2.02. The van der Waals surface area contributed by atoms with Crippen LogP contribution in [-0.4, -0.2) is 8.83 Å². The zero-order chi connectivity index (χ0) is 16.5. The van der Waals surface area contributed by atoms with Gasteiger partial charge in [0.05, 0.1) is 0 Å². The van der Waals surface area contributed by atoms with Crippen LogP contribution < -0.4 is 0 Å². The lowest BCUT2D eigenvalue weighted by atomic mass is 10.1. The Morgan fingerprint density at radius 3 is 2.09 bits per heavy atom. The molecule has 0 amide bonds. The van der Waals surface area contributed by atoms with E-state index in [0.717, 1.165) is 28.3 Å². The fourth-order valence-electron chi connectivity index (χ4n) is 2.22. The van der Waals surface area contributed by atoms with Crippen LogP contribution in [0.3, 0.4) is 0 Å². The molecule has 0 aliphatic heterocycles. The minimum atomic E-state index is 0.369. The molecular formula is C21H19ClSi. The molecule has 0 bridgehead atoms. The Hall–Kier alpha value is -2.09. The van der Waals surface area contributed by atoms with Gasteiger partial charge in [-0.05, 0) is 46.0 Å². The average molecular weight is 335 g/mol. The summed E-state index contributed by atoms with van der Waals surface area (Å²) in [6.45, 7) is 7.63. The largest absolute Gasteiger partial charge is 0.176 e. The van der Waals surface area contributed by atoms with Gasteiger partial charge in [0.2, 0.25) is 0 Å². The van der Waals surface area contributed by atoms with E-state index in [-0.39, 0.29) is 0 Å². The van der Waals surface area contributed by atoms with Crippen molar-refractivity contribution >= 4 is 44.2 Å². The number of hydrogen-bond donors (Lipinski definition) is 0. The van der Waals surface area contributed by atoms with Crippen LogP contribution >= 0.6 is 11.1 Å². The molecule has 2 radical (unpaired) electrons. The van der Waals surface area contributed by atoms with Gasteiger partial charge in [-0.2, -0.15) is 11.1 Å². The molecule has 0 saturated carbocycles. The number of halogens is 1. The highest BCUT2D eigenvalue weighted by Gasteiger charge is 1.97. The number of hydrogen-bond acceptors (Lipinski definition) is 0. The van der Waals surface area contributed by atoms with E-state index in [1.54, 1.807) is 0 Å². The smallest absolute Gasteiger partial charge is 0.171 e. The van der Waals surface area contributed by atoms with Crippen molar-refractivity contribution in [3.63, 3.8) is 0 Å². The van der Waals surface area contributed by atoms with Crippen LogP contribution in [0.15, 0.2) is 73.3 Å². The minimum absolute atomic E-state index is 0.369. The van der Waals surface area contributed by atoms with Gasteiger partial charge in [-0.3, -0.25) is 0 Å². The fourth-order valence-corrected chi connectivity index (χ4v) is 3.06. The average Bonchev–Trinajstić information content (AvgIpc) is 2.60. The van der Waals surface area contributed by atoms with Crippen molar-refractivity contribution in [3.05, 3.63) is 95.6 Å². The first-order valence-electron chi connectivity index (χ1n) is 7.42. The van der Waals surface area contributed by atoms with Crippen LogP contribution in [-0.2, 0) is 0 Å². The maximum Gasteiger partial charge on any atom is 0.176 e. The first-order valence-corrected chi connectivity index (χ1v) is 9.64. The van der Waals surface area contributed by atoms with Gasteiger partial charge < -0.3 is 0 Å². The van der Waals surface area contributed by atoms with Crippen molar-refractivity contribution in [2.75, 3.05) is 0 Å². The Morgan fingerprint density at radius 2 is 1.48 bits per heavy atom. The Kier molecular flexibility index (Phi) is 6.86. The lowest BCUT2D eigenvalue weighted by Crippen LogP contribution is -1.84. The third-order valence-corrected chi connectivity index (χ3v) is 4.35. The summed E-state index contributed by atoms with van der Waals surface area (Å²) >= 11 is 5.97. The molecule has 23 heavy (non-hydrogen) atoms. The van der Waals surface area contributed by atoms with Crippen LogP contribution in [0.1, 0.15) is 22.3 Å². The molecule has 114 valence electrons. The zero-order valence-electron chi connectivity index (χ0n) is 13.0. The molecule has 0 aromatic heterocycles. The molecule has 2 aromatic carbocycles. The third kappa shape index (κ3) is 5.55. The van der Waals surface area contributed by atoms with Crippen molar-refractivity contribution in [2.24, 2.45) is 0 Å². The Bertz CT molecular complexity index is 741. The molecule has 0 saturated heterocycles. The molecule has 0 aliphatic carbocycles. The third-order valence-electron chi connectivity index (χ3n) is 3.41. The van der Waals surface area contributed by atoms with Gasteiger partial charge in [0.1, 0.15) is 0 Å². The first-order chi connectivity index (χ1) is 11.2. The van der Waals surface area contributed by atoms with Gasteiger partial charge in [-0.25, -0.2) is 0 Å². The number of benzene rings is 2. The van der Waals surface area contributed by atoms with Gasteiger partial charge >= 0.3 is 0 Å². The molecule has 0 N–H and O–H groups in total. The maximum absolute atomic E-state index is 5.97. The van der Waals surface area contributed by atoms with Gasteiger partial charge in [0.15, 0.2) is 8.83 Å². The monoisotopic (exact) mass is 334 g/mol. The summed E-state index contributed by atoms with van der Waals surface area (Å²) in [5.41, 5.74) is 5.77. The molecule has 0 nitrogen and oxygen atoms in total. The molecular weight excluding hydrogens is 316 g/mol. The van der Waals surface area contributed by atoms with E-state index in [4.69, 9.17) is 11.1 Å². The summed E-state index contributed by atoms with van der Waals surface area (Å²) in [6.07, 6.45) is 10.1. The van der Waals surface area contributed by atoms with Crippen LogP contribution in [0.25, 0.3) is 24.3 Å². The maximum atomic E-state index is 5.97. The van der Waals surface area contributed by atoms with E-state index < -0.39 is 0 Å². The van der Waals surface area contributed by atoms with Crippen molar-refractivity contribution in [3.8, 4) is 0 Å². The van der Waals surface area contributed by atoms with Gasteiger partial charge in [0, 0.05) is 0 Å². The summed E-state index contributed by atoms with van der Waals surface area (Å²) in [5.74, 6) is 0. The van der Waals surface area contributed by atoms with E-state index in [9.17, 15) is 0 Å². The quantitative estimate of drug-likeness (QED) is 0.314. The number of rotatable bonds is 7. The fraction of sp³-hybridized carbons (Fsp3) is 0.0476. The molecule has 0 aliphatic rings. The highest BCUT2D eigenvalue weighted by Crippen LogP contribution is 2.16. The summed E-state index contributed by atoms with van der Waals surface area (Å²) in [5, 5.41) is 0. The van der Waals surface area contributed by atoms with Crippen LogP contribution in [0.2, 0.25) is 6.04 Å². The standard InChI is InChI=1S/C21H19ClSi/c1-3-17-7-5-9-19(13-17)11-12-21(16-23-22)15-20-10-6-8-18(4-2)14-20/h3-15H,1-2,16H2. The molecule has 0 unspecified atom stereocenters. The molecule has 0 fully saturated rings. The first kappa shape index (κ1) is 17.3. The topological polar surface area (TPSA) is 0 Å². The number of allylic oxidation sites excluding steroid dienone is 2. The van der Waals surface area contributed by atoms with Crippen molar-refractivity contribution in [1.82, 2.24) is 0 Å². The summed E-state index contributed by atoms with van der Waals surface area (Å²) in [6, 6.07) is 17.4. The second kappa shape index (κ2) is 9.14. The second-order valence-corrected chi connectivity index (χ2v) is 6.53. The van der Waals surface area contributed by atoms with E-state index in [2.05, 4.69) is 55.7 Å². The van der Waals surface area contributed by atoms with E-state index in [1.165, 1.54) is 5.57 Å². The Balaban J connectivity index is 2.26. The highest BCUT2D eigenvalue weighted by molar-refractivity contribution is 6.94. The SMILES string of the molecule is C=Cc1cccc(C=CC(=Cc2cccc(C=C)c2)C[Si]Cl)c1. The van der Waals surface area contributed by atoms with Gasteiger partial charge in [0.25, 0.3) is 0 Å².